The summed E-state index contributed by atoms with van der Waals surface area (Å²) in [5, 5.41) is 9.49. The molecule has 1 N–H and O–H groups in total. The maximum Gasteiger partial charge on any atom is 0.251 e. The van der Waals surface area contributed by atoms with Crippen LogP contribution < -0.4 is 4.90 Å². The Kier molecular flexibility index (Phi) is 9.47. The molecule has 0 radical (unpaired) electrons. The quantitative estimate of drug-likeness (QED) is 0.261. The molecule has 0 saturated carbocycles. The van der Waals surface area contributed by atoms with Crippen LogP contribution in [0.4, 0.5) is 5.69 Å². The Labute approximate surface area is 259 Å². The molecule has 0 aliphatic carbocycles. The fourth-order valence-corrected chi connectivity index (χ4v) is 9.76. The number of nitrogens with zero attached hydrogens (tertiary/aromatic N) is 3. The van der Waals surface area contributed by atoms with Gasteiger partial charge in [0.05, 0.1) is 16.6 Å². The number of hydrogen-bond acceptors (Lipinski definition) is 5. The molecule has 3 heterocycles. The second-order valence-electron chi connectivity index (χ2n) is 12.0. The van der Waals surface area contributed by atoms with E-state index in [2.05, 4.69) is 13.2 Å². The van der Waals surface area contributed by atoms with Crippen molar-refractivity contribution in [1.29, 1.82) is 0 Å². The van der Waals surface area contributed by atoms with Crippen LogP contribution in [0, 0.1) is 25.7 Å². The summed E-state index contributed by atoms with van der Waals surface area (Å²) >= 11 is 1.69. The number of carbonyl (C=O) groups is 3. The number of carbonyl (C=O) groups excluding carboxylic acids is 3. The molecule has 2 bridgehead atoms. The van der Waals surface area contributed by atoms with Crippen molar-refractivity contribution in [3.05, 3.63) is 90.5 Å². The molecule has 5 rings (SSSR count). The standard InChI is InChI=1S/C35H43N3O4S/c1-5-19-36(23-26-15-8-7-9-16-26)32(40)28-27-17-18-35(43-27)29(28)33(41)38(21-10-11-22-39)31(35)34(42)37(20-6-2)30-24(3)13-12-14-25(30)4/h5-9,12-16,27-29,31,39H,1-2,10-11,17-23H2,3-4H3/t27-,28+,29+,31?,35?/m1/s1. The predicted octanol–water partition coefficient (Wildman–Crippen LogP) is 4.90. The van der Waals surface area contributed by atoms with E-state index in [-0.39, 0.29) is 29.6 Å². The highest BCUT2D eigenvalue weighted by Crippen LogP contribution is 2.66. The number of unbranched alkanes of at least 4 members (excludes halogenated alkanes) is 1. The van der Waals surface area contributed by atoms with Gasteiger partial charge in [-0.1, -0.05) is 60.7 Å². The number of aliphatic hydroxyl groups is 1. The van der Waals surface area contributed by atoms with Crippen molar-refractivity contribution in [2.24, 2.45) is 11.8 Å². The minimum absolute atomic E-state index is 0.0208. The van der Waals surface area contributed by atoms with Crippen LogP contribution in [0.15, 0.2) is 73.8 Å². The van der Waals surface area contributed by atoms with E-state index in [9.17, 15) is 19.5 Å². The third-order valence-corrected chi connectivity index (χ3v) is 11.2. The van der Waals surface area contributed by atoms with Gasteiger partial charge in [-0.15, -0.1) is 24.9 Å². The summed E-state index contributed by atoms with van der Waals surface area (Å²) in [6, 6.07) is 15.1. The van der Waals surface area contributed by atoms with Gasteiger partial charge in [0.2, 0.25) is 11.8 Å². The molecule has 0 aromatic heterocycles. The molecule has 2 unspecified atom stereocenters. The molecular formula is C35H43N3O4S. The summed E-state index contributed by atoms with van der Waals surface area (Å²) in [5.74, 6) is -1.34. The van der Waals surface area contributed by atoms with Gasteiger partial charge >= 0.3 is 0 Å². The lowest BCUT2D eigenvalue weighted by molar-refractivity contribution is -0.144. The van der Waals surface area contributed by atoms with Gasteiger partial charge in [0, 0.05) is 43.7 Å². The zero-order valence-electron chi connectivity index (χ0n) is 25.3. The molecule has 1 spiro atoms. The smallest absolute Gasteiger partial charge is 0.251 e. The molecule has 43 heavy (non-hydrogen) atoms. The summed E-state index contributed by atoms with van der Waals surface area (Å²) in [7, 11) is 0. The minimum Gasteiger partial charge on any atom is -0.396 e. The zero-order valence-corrected chi connectivity index (χ0v) is 26.1. The first-order valence-corrected chi connectivity index (χ1v) is 16.2. The fourth-order valence-electron chi connectivity index (χ4n) is 7.55. The monoisotopic (exact) mass is 601 g/mol. The van der Waals surface area contributed by atoms with E-state index >= 15 is 0 Å². The molecular weight excluding hydrogens is 558 g/mol. The molecule has 3 amide bonds. The highest BCUT2D eigenvalue weighted by atomic mass is 32.2. The highest BCUT2D eigenvalue weighted by molar-refractivity contribution is 8.02. The number of amides is 3. The van der Waals surface area contributed by atoms with Gasteiger partial charge in [-0.25, -0.2) is 0 Å². The van der Waals surface area contributed by atoms with Crippen LogP contribution in [0.5, 0.6) is 0 Å². The van der Waals surface area contributed by atoms with Crippen molar-refractivity contribution in [1.82, 2.24) is 9.80 Å². The Balaban J connectivity index is 1.54. The maximum atomic E-state index is 14.8. The van der Waals surface area contributed by atoms with E-state index in [0.29, 0.717) is 45.4 Å². The molecule has 228 valence electrons. The number of para-hydroxylation sites is 1. The number of aryl methyl sites for hydroxylation is 2. The number of fused-ring (bicyclic) bond motifs is 1. The summed E-state index contributed by atoms with van der Waals surface area (Å²) in [5.41, 5.74) is 3.84. The van der Waals surface area contributed by atoms with E-state index in [0.717, 1.165) is 28.8 Å². The van der Waals surface area contributed by atoms with Crippen molar-refractivity contribution in [3.63, 3.8) is 0 Å². The van der Waals surface area contributed by atoms with Crippen LogP contribution in [0.25, 0.3) is 0 Å². The molecule has 3 fully saturated rings. The topological polar surface area (TPSA) is 81.2 Å². The second-order valence-corrected chi connectivity index (χ2v) is 13.6. The minimum atomic E-state index is -0.697. The number of rotatable bonds is 13. The van der Waals surface area contributed by atoms with Gasteiger partial charge in [-0.05, 0) is 56.2 Å². The maximum absolute atomic E-state index is 14.8. The van der Waals surface area contributed by atoms with Crippen molar-refractivity contribution >= 4 is 35.2 Å². The van der Waals surface area contributed by atoms with Gasteiger partial charge < -0.3 is 19.8 Å². The normalized spacial score (nSPS) is 25.5. The average molecular weight is 602 g/mol. The molecule has 7 nitrogen and oxygen atoms in total. The molecule has 8 heteroatoms. The Bertz CT molecular complexity index is 1360. The van der Waals surface area contributed by atoms with E-state index in [1.165, 1.54) is 0 Å². The molecule has 2 aromatic carbocycles. The van der Waals surface area contributed by atoms with E-state index in [1.807, 2.05) is 62.4 Å². The summed E-state index contributed by atoms with van der Waals surface area (Å²) < 4.78 is -0.680. The Morgan fingerprint density at radius 3 is 2.37 bits per heavy atom. The van der Waals surface area contributed by atoms with Gasteiger partial charge in [0.25, 0.3) is 5.91 Å². The Morgan fingerprint density at radius 2 is 1.72 bits per heavy atom. The SMILES string of the molecule is C=CCN(Cc1ccccc1)C(=O)[C@@H]1[C@H]2C(=O)N(CCCCO)C(C(=O)N(CC=C)c3c(C)cccc3C)C23CC[C@H]1S3. The van der Waals surface area contributed by atoms with Crippen LogP contribution in [-0.4, -0.2) is 74.9 Å². The van der Waals surface area contributed by atoms with E-state index in [1.54, 1.807) is 38.6 Å². The largest absolute Gasteiger partial charge is 0.396 e. The molecule has 5 atom stereocenters. The van der Waals surface area contributed by atoms with Gasteiger partial charge in [-0.2, -0.15) is 0 Å². The van der Waals surface area contributed by atoms with Gasteiger partial charge in [0.15, 0.2) is 0 Å². The van der Waals surface area contributed by atoms with Crippen molar-refractivity contribution in [3.8, 4) is 0 Å². The third-order valence-electron chi connectivity index (χ3n) is 9.29. The van der Waals surface area contributed by atoms with Crippen LogP contribution in [0.1, 0.15) is 42.4 Å². The van der Waals surface area contributed by atoms with Crippen LogP contribution in [0.3, 0.4) is 0 Å². The fraction of sp³-hybridized carbons (Fsp3) is 0.457. The van der Waals surface area contributed by atoms with E-state index < -0.39 is 22.6 Å². The number of likely N-dealkylation sites (tertiary alicyclic amines) is 1. The van der Waals surface area contributed by atoms with Crippen LogP contribution >= 0.6 is 11.8 Å². The van der Waals surface area contributed by atoms with Gasteiger partial charge in [0.1, 0.15) is 6.04 Å². The van der Waals surface area contributed by atoms with Crippen molar-refractivity contribution in [2.75, 3.05) is 31.1 Å². The van der Waals surface area contributed by atoms with Crippen LogP contribution in [-0.2, 0) is 20.9 Å². The van der Waals surface area contributed by atoms with Gasteiger partial charge in [-0.3, -0.25) is 14.4 Å². The number of anilines is 1. The van der Waals surface area contributed by atoms with Crippen molar-refractivity contribution < 1.29 is 19.5 Å². The summed E-state index contributed by atoms with van der Waals surface area (Å²) in [6.45, 7) is 13.4. The lowest BCUT2D eigenvalue weighted by Crippen LogP contribution is -2.55. The summed E-state index contributed by atoms with van der Waals surface area (Å²) in [4.78, 5) is 49.0. The average Bonchev–Trinajstić information content (AvgIpc) is 3.64. The molecule has 2 aromatic rings. The second kappa shape index (κ2) is 13.1. The lowest BCUT2D eigenvalue weighted by atomic mass is 9.70. The van der Waals surface area contributed by atoms with E-state index in [4.69, 9.17) is 0 Å². The number of thioether (sulfide) groups is 1. The Morgan fingerprint density at radius 1 is 1.02 bits per heavy atom. The summed E-state index contributed by atoms with van der Waals surface area (Å²) in [6.07, 6.45) is 6.09. The molecule has 3 aliphatic rings. The lowest BCUT2D eigenvalue weighted by Gasteiger charge is -2.38. The highest BCUT2D eigenvalue weighted by Gasteiger charge is 2.74. The number of benzene rings is 2. The first-order valence-electron chi connectivity index (χ1n) is 15.3. The zero-order chi connectivity index (χ0) is 30.7. The van der Waals surface area contributed by atoms with Crippen LogP contribution in [0.2, 0.25) is 0 Å². The number of aliphatic hydroxyl groups excluding tert-OH is 1. The number of hydrogen-bond donors (Lipinski definition) is 1. The van der Waals surface area contributed by atoms with Crippen molar-refractivity contribution in [2.45, 2.75) is 62.1 Å². The first-order chi connectivity index (χ1) is 20.8. The first kappa shape index (κ1) is 31.1. The predicted molar refractivity (Wildman–Crippen MR) is 173 cm³/mol. The molecule has 3 aliphatic heterocycles. The third kappa shape index (κ3) is 5.55. The Hall–Kier alpha value is -3.36. The molecule has 3 saturated heterocycles.